The van der Waals surface area contributed by atoms with Crippen molar-refractivity contribution in [2.75, 3.05) is 6.61 Å². The highest BCUT2D eigenvalue weighted by atomic mass is 19.1. The molecule has 0 saturated heterocycles. The van der Waals surface area contributed by atoms with E-state index >= 15 is 0 Å². The summed E-state index contributed by atoms with van der Waals surface area (Å²) in [5.74, 6) is 5.66. The molecule has 3 aliphatic carbocycles. The standard InChI is InChI=1S/C30H43FO/c1-3-5-7-22-8-9-27-20-26(15-14-25(27)19-22)23-10-12-24(13-11-23)29-17-16-28(21-30(29)31)32-18-6-4-2/h3-4,6,16-17,21-27H,1,5,7-15,18-20H2,2H3/b6-4+. The number of benzene rings is 1. The fourth-order valence-corrected chi connectivity index (χ4v) is 7.14. The van der Waals surface area contributed by atoms with Crippen molar-refractivity contribution in [1.82, 2.24) is 0 Å². The van der Waals surface area contributed by atoms with Crippen molar-refractivity contribution in [2.24, 2.45) is 29.6 Å². The van der Waals surface area contributed by atoms with E-state index in [4.69, 9.17) is 4.74 Å². The first-order chi connectivity index (χ1) is 15.7. The summed E-state index contributed by atoms with van der Waals surface area (Å²) in [7, 11) is 0. The predicted molar refractivity (Wildman–Crippen MR) is 133 cm³/mol. The first kappa shape index (κ1) is 23.6. The Morgan fingerprint density at radius 3 is 2.34 bits per heavy atom. The zero-order valence-electron chi connectivity index (χ0n) is 20.1. The molecule has 4 rings (SSSR count). The molecule has 1 nitrogen and oxygen atoms in total. The van der Waals surface area contributed by atoms with Crippen LogP contribution in [0.2, 0.25) is 0 Å². The van der Waals surface area contributed by atoms with Crippen LogP contribution in [-0.2, 0) is 0 Å². The topological polar surface area (TPSA) is 9.23 Å². The number of fused-ring (bicyclic) bond motifs is 1. The Hall–Kier alpha value is -1.57. The number of hydrogen-bond donors (Lipinski definition) is 0. The van der Waals surface area contributed by atoms with Gasteiger partial charge in [-0.2, -0.15) is 0 Å². The van der Waals surface area contributed by atoms with E-state index in [0.29, 0.717) is 18.3 Å². The highest BCUT2D eigenvalue weighted by Crippen LogP contribution is 2.50. The van der Waals surface area contributed by atoms with E-state index in [9.17, 15) is 4.39 Å². The van der Waals surface area contributed by atoms with Crippen LogP contribution < -0.4 is 4.74 Å². The summed E-state index contributed by atoms with van der Waals surface area (Å²) in [6, 6.07) is 5.50. The lowest BCUT2D eigenvalue weighted by Crippen LogP contribution is -2.34. The highest BCUT2D eigenvalue weighted by Gasteiger charge is 2.38. The van der Waals surface area contributed by atoms with Gasteiger partial charge in [-0.05, 0) is 125 Å². The SMILES string of the molecule is C=CCCC1CCC2CC(C3CCC(c4ccc(OC/C=C/C)cc4F)CC3)CCC2C1. The molecule has 0 heterocycles. The van der Waals surface area contributed by atoms with E-state index in [-0.39, 0.29) is 5.82 Å². The fourth-order valence-electron chi connectivity index (χ4n) is 7.14. The van der Waals surface area contributed by atoms with Crippen LogP contribution in [0.15, 0.2) is 43.0 Å². The minimum Gasteiger partial charge on any atom is -0.489 e. The Labute approximate surface area is 195 Å². The van der Waals surface area contributed by atoms with Gasteiger partial charge in [0.05, 0.1) is 0 Å². The van der Waals surface area contributed by atoms with Crippen molar-refractivity contribution in [3.05, 3.63) is 54.4 Å². The molecule has 4 unspecified atom stereocenters. The van der Waals surface area contributed by atoms with Crippen molar-refractivity contribution < 1.29 is 9.13 Å². The monoisotopic (exact) mass is 438 g/mol. The largest absolute Gasteiger partial charge is 0.489 e. The van der Waals surface area contributed by atoms with Gasteiger partial charge in [-0.25, -0.2) is 4.39 Å². The summed E-state index contributed by atoms with van der Waals surface area (Å²) in [5.41, 5.74) is 0.906. The van der Waals surface area contributed by atoms with Crippen molar-refractivity contribution >= 4 is 0 Å². The molecule has 0 aliphatic heterocycles. The van der Waals surface area contributed by atoms with E-state index < -0.39 is 0 Å². The molecule has 0 radical (unpaired) electrons. The molecule has 1 aromatic carbocycles. The Kier molecular flexibility index (Phi) is 8.49. The number of allylic oxidation sites excluding steroid dienone is 2. The summed E-state index contributed by atoms with van der Waals surface area (Å²) >= 11 is 0. The summed E-state index contributed by atoms with van der Waals surface area (Å²) in [6.07, 6.45) is 22.2. The van der Waals surface area contributed by atoms with E-state index in [1.807, 2.05) is 31.2 Å². The molecule has 4 atom stereocenters. The molecule has 2 heteroatoms. The molecule has 3 aliphatic rings. The second kappa shape index (κ2) is 11.5. The predicted octanol–water partition coefficient (Wildman–Crippen LogP) is 8.85. The van der Waals surface area contributed by atoms with Crippen molar-refractivity contribution in [3.8, 4) is 5.75 Å². The summed E-state index contributed by atoms with van der Waals surface area (Å²) < 4.78 is 20.4. The lowest BCUT2D eigenvalue weighted by Gasteiger charge is -2.45. The van der Waals surface area contributed by atoms with Gasteiger partial charge in [-0.1, -0.05) is 30.7 Å². The Morgan fingerprint density at radius 2 is 1.62 bits per heavy atom. The van der Waals surface area contributed by atoms with E-state index in [1.165, 1.54) is 64.2 Å². The number of hydrogen-bond acceptors (Lipinski definition) is 1. The number of rotatable bonds is 8. The average Bonchev–Trinajstić information content (AvgIpc) is 2.83. The van der Waals surface area contributed by atoms with Crippen molar-refractivity contribution in [2.45, 2.75) is 89.9 Å². The molecule has 0 aromatic heterocycles. The molecule has 176 valence electrons. The molecule has 0 amide bonds. The Bertz CT molecular complexity index is 760. The Morgan fingerprint density at radius 1 is 0.938 bits per heavy atom. The third-order valence-electron chi connectivity index (χ3n) is 8.97. The minimum absolute atomic E-state index is 0.0832. The van der Waals surface area contributed by atoms with Gasteiger partial charge in [0.2, 0.25) is 0 Å². The third-order valence-corrected chi connectivity index (χ3v) is 8.97. The van der Waals surface area contributed by atoms with E-state index in [1.54, 1.807) is 6.07 Å². The van der Waals surface area contributed by atoms with Gasteiger partial charge in [0, 0.05) is 6.07 Å². The second-order valence-electron chi connectivity index (χ2n) is 10.8. The van der Waals surface area contributed by atoms with Gasteiger partial charge in [0.1, 0.15) is 18.2 Å². The van der Waals surface area contributed by atoms with Crippen LogP contribution in [0.5, 0.6) is 5.75 Å². The summed E-state index contributed by atoms with van der Waals surface area (Å²) in [5, 5.41) is 0. The van der Waals surface area contributed by atoms with E-state index in [2.05, 4.69) is 12.7 Å². The van der Waals surface area contributed by atoms with Gasteiger partial charge in [0.25, 0.3) is 0 Å². The van der Waals surface area contributed by atoms with Crippen LogP contribution >= 0.6 is 0 Å². The average molecular weight is 439 g/mol. The summed E-state index contributed by atoms with van der Waals surface area (Å²) in [4.78, 5) is 0. The van der Waals surface area contributed by atoms with Gasteiger partial charge >= 0.3 is 0 Å². The van der Waals surface area contributed by atoms with Crippen LogP contribution in [-0.4, -0.2) is 6.61 Å². The maximum atomic E-state index is 14.8. The van der Waals surface area contributed by atoms with Gasteiger partial charge in [0.15, 0.2) is 0 Å². The minimum atomic E-state index is -0.0832. The molecule has 32 heavy (non-hydrogen) atoms. The molecule has 0 N–H and O–H groups in total. The quantitative estimate of drug-likeness (QED) is 0.368. The molecule has 0 spiro atoms. The van der Waals surface area contributed by atoms with Gasteiger partial charge in [-0.15, -0.1) is 6.58 Å². The molecule has 0 bridgehead atoms. The van der Waals surface area contributed by atoms with Crippen LogP contribution in [0.1, 0.15) is 95.5 Å². The first-order valence-electron chi connectivity index (χ1n) is 13.3. The number of ether oxygens (including phenoxy) is 1. The lowest BCUT2D eigenvalue weighted by molar-refractivity contribution is 0.0620. The molecule has 3 saturated carbocycles. The van der Waals surface area contributed by atoms with Crippen LogP contribution in [0.25, 0.3) is 0 Å². The highest BCUT2D eigenvalue weighted by molar-refractivity contribution is 5.31. The molecule has 1 aromatic rings. The van der Waals surface area contributed by atoms with E-state index in [0.717, 1.165) is 48.0 Å². The normalized spacial score (nSPS) is 33.1. The zero-order chi connectivity index (χ0) is 22.3. The fraction of sp³-hybridized carbons (Fsp3) is 0.667. The Balaban J connectivity index is 1.25. The first-order valence-corrected chi connectivity index (χ1v) is 13.3. The molecular formula is C30H43FO. The van der Waals surface area contributed by atoms with Crippen molar-refractivity contribution in [1.29, 1.82) is 0 Å². The van der Waals surface area contributed by atoms with Crippen LogP contribution in [0, 0.1) is 35.4 Å². The number of halogens is 1. The second-order valence-corrected chi connectivity index (χ2v) is 10.8. The van der Waals surface area contributed by atoms with Crippen molar-refractivity contribution in [3.63, 3.8) is 0 Å². The van der Waals surface area contributed by atoms with Crippen LogP contribution in [0.3, 0.4) is 0 Å². The van der Waals surface area contributed by atoms with Crippen LogP contribution in [0.4, 0.5) is 4.39 Å². The maximum Gasteiger partial charge on any atom is 0.130 e. The maximum absolute atomic E-state index is 14.8. The molecule has 3 fully saturated rings. The van der Waals surface area contributed by atoms with Gasteiger partial charge in [-0.3, -0.25) is 0 Å². The lowest BCUT2D eigenvalue weighted by atomic mass is 9.60. The molecular weight excluding hydrogens is 395 g/mol. The zero-order valence-corrected chi connectivity index (χ0v) is 20.1. The smallest absolute Gasteiger partial charge is 0.130 e. The van der Waals surface area contributed by atoms with Gasteiger partial charge < -0.3 is 4.74 Å². The third kappa shape index (κ3) is 5.86. The summed E-state index contributed by atoms with van der Waals surface area (Å²) in [6.45, 7) is 6.37.